The normalized spacial score (nSPS) is 13.1. The molecule has 0 fully saturated rings. The number of benzene rings is 1. The zero-order valence-electron chi connectivity index (χ0n) is 9.58. The van der Waals surface area contributed by atoms with Gasteiger partial charge in [0.15, 0.2) is 0 Å². The maximum Gasteiger partial charge on any atom is 0.331 e. The molecule has 0 saturated heterocycles. The van der Waals surface area contributed by atoms with Gasteiger partial charge in [0.2, 0.25) is 5.25 Å². The fraction of sp³-hybridized carbons (Fsp3) is 0.364. The Morgan fingerprint density at radius 3 is 2.29 bits per heavy atom. The molecule has 0 aliphatic carbocycles. The number of hydrogen-bond acceptors (Lipinski definition) is 4. The summed E-state index contributed by atoms with van der Waals surface area (Å²) >= 11 is 0. The van der Waals surface area contributed by atoms with E-state index in [0.717, 1.165) is 5.56 Å². The van der Waals surface area contributed by atoms with Crippen molar-refractivity contribution in [2.45, 2.75) is 19.1 Å². The van der Waals surface area contributed by atoms with Gasteiger partial charge in [0.05, 0.1) is 6.61 Å². The predicted molar refractivity (Wildman–Crippen MR) is 62.1 cm³/mol. The molecule has 1 N–H and O–H groups in total. The first kappa shape index (κ1) is 13.7. The molecular weight excluding hydrogens is 244 g/mol. The van der Waals surface area contributed by atoms with E-state index in [1.54, 1.807) is 19.1 Å². The third-order valence-electron chi connectivity index (χ3n) is 2.18. The first-order valence-electron chi connectivity index (χ1n) is 5.05. The molecule has 0 bridgehead atoms. The Bertz CT molecular complexity index is 489. The average Bonchev–Trinajstić information content (AvgIpc) is 2.19. The largest absolute Gasteiger partial charge is 0.465 e. The van der Waals surface area contributed by atoms with Crippen molar-refractivity contribution >= 4 is 16.1 Å². The first-order valence-corrected chi connectivity index (χ1v) is 6.56. The zero-order valence-corrected chi connectivity index (χ0v) is 10.4. The van der Waals surface area contributed by atoms with Gasteiger partial charge in [0.25, 0.3) is 10.1 Å². The van der Waals surface area contributed by atoms with Crippen LogP contribution in [0.4, 0.5) is 0 Å². The summed E-state index contributed by atoms with van der Waals surface area (Å²) in [5.74, 6) is -0.973. The third kappa shape index (κ3) is 3.54. The number of carbonyl (C=O) groups is 1. The predicted octanol–water partition coefficient (Wildman–Crippen LogP) is 1.49. The highest BCUT2D eigenvalue weighted by molar-refractivity contribution is 7.86. The molecule has 1 atom stereocenters. The minimum Gasteiger partial charge on any atom is -0.465 e. The molecule has 5 nitrogen and oxygen atoms in total. The van der Waals surface area contributed by atoms with Crippen LogP contribution in [0.15, 0.2) is 24.3 Å². The van der Waals surface area contributed by atoms with Crippen molar-refractivity contribution in [2.24, 2.45) is 0 Å². The topological polar surface area (TPSA) is 80.7 Å². The quantitative estimate of drug-likeness (QED) is 0.653. The van der Waals surface area contributed by atoms with Crippen molar-refractivity contribution in [3.63, 3.8) is 0 Å². The van der Waals surface area contributed by atoms with Crippen molar-refractivity contribution in [3.8, 4) is 0 Å². The van der Waals surface area contributed by atoms with E-state index < -0.39 is 21.3 Å². The molecule has 0 saturated carbocycles. The number of rotatable bonds is 4. The minimum atomic E-state index is -4.53. The Labute approximate surface area is 100 Å². The van der Waals surface area contributed by atoms with Crippen LogP contribution in [-0.2, 0) is 19.6 Å². The highest BCUT2D eigenvalue weighted by atomic mass is 32.2. The van der Waals surface area contributed by atoms with E-state index in [0.29, 0.717) is 0 Å². The van der Waals surface area contributed by atoms with Crippen molar-refractivity contribution < 1.29 is 22.5 Å². The Balaban J connectivity index is 3.16. The third-order valence-corrected chi connectivity index (χ3v) is 3.24. The van der Waals surface area contributed by atoms with Gasteiger partial charge < -0.3 is 4.74 Å². The van der Waals surface area contributed by atoms with Gasteiger partial charge >= 0.3 is 5.97 Å². The van der Waals surface area contributed by atoms with Gasteiger partial charge in [-0.2, -0.15) is 8.42 Å². The summed E-state index contributed by atoms with van der Waals surface area (Å²) in [5.41, 5.74) is 1.11. The lowest BCUT2D eigenvalue weighted by Crippen LogP contribution is -2.23. The molecule has 0 aliphatic heterocycles. The second kappa shape index (κ2) is 5.29. The molecule has 1 aromatic carbocycles. The molecule has 0 spiro atoms. The molecule has 0 radical (unpaired) electrons. The Hall–Kier alpha value is -1.40. The molecular formula is C11H14O5S. The first-order chi connectivity index (χ1) is 7.86. The molecule has 1 aromatic rings. The van der Waals surface area contributed by atoms with Gasteiger partial charge in [-0.15, -0.1) is 0 Å². The van der Waals surface area contributed by atoms with E-state index in [4.69, 9.17) is 4.55 Å². The lowest BCUT2D eigenvalue weighted by atomic mass is 10.1. The molecule has 0 heterocycles. The van der Waals surface area contributed by atoms with Crippen molar-refractivity contribution in [1.29, 1.82) is 0 Å². The van der Waals surface area contributed by atoms with E-state index in [1.807, 2.05) is 6.92 Å². The smallest absolute Gasteiger partial charge is 0.331 e. The van der Waals surface area contributed by atoms with Crippen LogP contribution in [0.2, 0.25) is 0 Å². The number of carbonyl (C=O) groups excluding carboxylic acids is 1. The van der Waals surface area contributed by atoms with Gasteiger partial charge in [-0.05, 0) is 19.4 Å². The summed E-state index contributed by atoms with van der Waals surface area (Å²) < 4.78 is 36.1. The van der Waals surface area contributed by atoms with E-state index in [2.05, 4.69) is 4.74 Å². The second-order valence-electron chi connectivity index (χ2n) is 3.56. The Kier molecular flexibility index (Phi) is 4.25. The SMILES string of the molecule is CCOC(=O)C(c1ccc(C)cc1)S(=O)(=O)O. The van der Waals surface area contributed by atoms with Crippen LogP contribution in [0.25, 0.3) is 0 Å². The average molecular weight is 258 g/mol. The summed E-state index contributed by atoms with van der Waals surface area (Å²) in [6.07, 6.45) is 0. The Morgan fingerprint density at radius 1 is 1.35 bits per heavy atom. The summed E-state index contributed by atoms with van der Waals surface area (Å²) in [5, 5.41) is -1.68. The molecule has 17 heavy (non-hydrogen) atoms. The summed E-state index contributed by atoms with van der Waals surface area (Å²) in [6, 6.07) is 6.27. The van der Waals surface area contributed by atoms with Crippen LogP contribution in [0, 0.1) is 6.92 Å². The molecule has 0 aromatic heterocycles. The van der Waals surface area contributed by atoms with Crippen LogP contribution in [0.3, 0.4) is 0 Å². The minimum absolute atomic E-state index is 0.0523. The molecule has 6 heteroatoms. The lowest BCUT2D eigenvalue weighted by Gasteiger charge is -2.13. The zero-order chi connectivity index (χ0) is 13.1. The van der Waals surface area contributed by atoms with Gasteiger partial charge in [-0.3, -0.25) is 9.35 Å². The Morgan fingerprint density at radius 2 is 1.88 bits per heavy atom. The molecule has 94 valence electrons. The standard InChI is InChI=1S/C11H14O5S/c1-3-16-11(12)10(17(13,14)15)9-6-4-8(2)5-7-9/h4-7,10H,3H2,1-2H3,(H,13,14,15). The van der Waals surface area contributed by atoms with Crippen LogP contribution in [0.5, 0.6) is 0 Å². The number of ether oxygens (including phenoxy) is 1. The molecule has 1 unspecified atom stereocenters. The highest BCUT2D eigenvalue weighted by Gasteiger charge is 2.34. The van der Waals surface area contributed by atoms with Gasteiger partial charge in [-0.25, -0.2) is 0 Å². The van der Waals surface area contributed by atoms with Crippen molar-refractivity contribution in [2.75, 3.05) is 6.61 Å². The fourth-order valence-electron chi connectivity index (χ4n) is 1.39. The number of hydrogen-bond donors (Lipinski definition) is 1. The summed E-state index contributed by atoms with van der Waals surface area (Å²) in [7, 11) is -4.53. The fourth-order valence-corrected chi connectivity index (χ4v) is 2.20. The number of aryl methyl sites for hydroxylation is 1. The van der Waals surface area contributed by atoms with Crippen LogP contribution in [0.1, 0.15) is 23.3 Å². The summed E-state index contributed by atoms with van der Waals surface area (Å²) in [6.45, 7) is 3.45. The molecule has 0 aliphatic rings. The van der Waals surface area contributed by atoms with E-state index >= 15 is 0 Å². The van der Waals surface area contributed by atoms with E-state index in [-0.39, 0.29) is 12.2 Å². The second-order valence-corrected chi connectivity index (χ2v) is 5.06. The van der Waals surface area contributed by atoms with Gasteiger partial charge in [-0.1, -0.05) is 29.8 Å². The van der Waals surface area contributed by atoms with Crippen LogP contribution in [-0.4, -0.2) is 25.5 Å². The maximum absolute atomic E-state index is 11.5. The van der Waals surface area contributed by atoms with Crippen LogP contribution >= 0.6 is 0 Å². The lowest BCUT2D eigenvalue weighted by molar-refractivity contribution is -0.142. The van der Waals surface area contributed by atoms with Gasteiger partial charge in [0.1, 0.15) is 0 Å². The van der Waals surface area contributed by atoms with Crippen molar-refractivity contribution in [1.82, 2.24) is 0 Å². The summed E-state index contributed by atoms with van der Waals surface area (Å²) in [4.78, 5) is 11.5. The maximum atomic E-state index is 11.5. The van der Waals surface area contributed by atoms with E-state index in [9.17, 15) is 13.2 Å². The molecule has 0 amide bonds. The number of esters is 1. The van der Waals surface area contributed by atoms with Crippen LogP contribution < -0.4 is 0 Å². The highest BCUT2D eigenvalue weighted by Crippen LogP contribution is 2.23. The molecule has 1 rings (SSSR count). The van der Waals surface area contributed by atoms with Gasteiger partial charge in [0, 0.05) is 0 Å². The van der Waals surface area contributed by atoms with E-state index in [1.165, 1.54) is 12.1 Å². The van der Waals surface area contributed by atoms with Crippen molar-refractivity contribution in [3.05, 3.63) is 35.4 Å². The monoisotopic (exact) mass is 258 g/mol.